The van der Waals surface area contributed by atoms with Crippen LogP contribution in [-0.2, 0) is 4.84 Å². The van der Waals surface area contributed by atoms with Crippen molar-refractivity contribution in [3.8, 4) is 0 Å². The van der Waals surface area contributed by atoms with Gasteiger partial charge in [-0.05, 0) is 42.5 Å². The first kappa shape index (κ1) is 22.0. The molecule has 30 heavy (non-hydrogen) atoms. The van der Waals surface area contributed by atoms with Crippen LogP contribution in [0, 0.1) is 5.82 Å². The fourth-order valence-corrected chi connectivity index (χ4v) is 4.08. The number of carbonyl (C=O) groups excluding carboxylic acids is 1. The number of aliphatic imine (C=N–C) groups is 1. The van der Waals surface area contributed by atoms with Crippen molar-refractivity contribution in [2.75, 3.05) is 7.11 Å². The Morgan fingerprint density at radius 3 is 2.53 bits per heavy atom. The molecule has 1 aliphatic heterocycles. The van der Waals surface area contributed by atoms with Crippen molar-refractivity contribution in [1.29, 1.82) is 0 Å². The Morgan fingerprint density at radius 1 is 1.03 bits per heavy atom. The Labute approximate surface area is 184 Å². The van der Waals surface area contributed by atoms with E-state index in [1.54, 1.807) is 24.3 Å². The monoisotopic (exact) mass is 442 g/mol. The number of halogens is 2. The van der Waals surface area contributed by atoms with Crippen LogP contribution >= 0.6 is 23.4 Å². The summed E-state index contributed by atoms with van der Waals surface area (Å²) in [5.74, 6) is -0.839. The van der Waals surface area contributed by atoms with Crippen molar-refractivity contribution in [2.45, 2.75) is 23.6 Å². The number of nitrogens with zero attached hydrogens (tertiary/aromatic N) is 1. The maximum Gasteiger partial charge on any atom is 0.274 e. The third-order valence-electron chi connectivity index (χ3n) is 4.20. The Bertz CT molecular complexity index is 1120. The lowest BCUT2D eigenvalue weighted by Gasteiger charge is -2.10. The van der Waals surface area contributed by atoms with Gasteiger partial charge in [-0.2, -0.15) is 0 Å². The molecule has 7 heteroatoms. The molecule has 0 saturated carbocycles. The molecule has 4 rings (SSSR count). The first-order chi connectivity index (χ1) is 14.6. The summed E-state index contributed by atoms with van der Waals surface area (Å²) in [5, 5.41) is 0.317. The van der Waals surface area contributed by atoms with E-state index in [1.165, 1.54) is 24.9 Å². The summed E-state index contributed by atoms with van der Waals surface area (Å²) in [6, 6.07) is 17.4. The molecule has 3 aromatic carbocycles. The molecule has 0 spiro atoms. The zero-order valence-electron chi connectivity index (χ0n) is 16.7. The second-order valence-corrected chi connectivity index (χ2v) is 7.52. The molecule has 0 bridgehead atoms. The first-order valence-electron chi connectivity index (χ1n) is 9.35. The van der Waals surface area contributed by atoms with Gasteiger partial charge in [-0.3, -0.25) is 9.63 Å². The molecule has 4 nitrogen and oxygen atoms in total. The molecule has 0 saturated heterocycles. The Morgan fingerprint density at radius 2 is 1.80 bits per heavy atom. The summed E-state index contributed by atoms with van der Waals surface area (Å²) in [4.78, 5) is 23.4. The SMILES string of the molecule is CC.CONC(=O)c1ccc2c(c1)N=C(c1ccc(Cl)cc1F)c1ccccc1S2. The molecule has 1 N–H and O–H groups in total. The van der Waals surface area contributed by atoms with Gasteiger partial charge in [0, 0.05) is 31.5 Å². The summed E-state index contributed by atoms with van der Waals surface area (Å²) < 4.78 is 14.7. The average molecular weight is 443 g/mol. The Balaban J connectivity index is 0.00000124. The summed E-state index contributed by atoms with van der Waals surface area (Å²) in [7, 11) is 1.37. The number of benzene rings is 3. The smallest absolute Gasteiger partial charge is 0.274 e. The molecule has 0 aliphatic carbocycles. The van der Waals surface area contributed by atoms with E-state index in [-0.39, 0.29) is 5.91 Å². The minimum Gasteiger partial charge on any atom is -0.277 e. The highest BCUT2D eigenvalue weighted by Gasteiger charge is 2.21. The second kappa shape index (κ2) is 9.89. The second-order valence-electron chi connectivity index (χ2n) is 6.00. The minimum atomic E-state index is -0.456. The van der Waals surface area contributed by atoms with Crippen LogP contribution in [0.5, 0.6) is 0 Å². The van der Waals surface area contributed by atoms with Gasteiger partial charge in [-0.15, -0.1) is 0 Å². The van der Waals surface area contributed by atoms with Crippen LogP contribution in [0.3, 0.4) is 0 Å². The number of nitrogens with one attached hydrogen (secondary N) is 1. The molecule has 0 fully saturated rings. The van der Waals surface area contributed by atoms with E-state index in [1.807, 2.05) is 44.2 Å². The van der Waals surface area contributed by atoms with E-state index in [4.69, 9.17) is 21.4 Å². The summed E-state index contributed by atoms with van der Waals surface area (Å²) >= 11 is 7.43. The number of carbonyl (C=O) groups is 1. The predicted octanol–water partition coefficient (Wildman–Crippen LogP) is 6.43. The fraction of sp³-hybridized carbons (Fsp3) is 0.130. The number of hydrogen-bond donors (Lipinski definition) is 1. The van der Waals surface area contributed by atoms with E-state index in [0.717, 1.165) is 15.4 Å². The first-order valence-corrected chi connectivity index (χ1v) is 10.5. The molecule has 3 aromatic rings. The van der Waals surface area contributed by atoms with Crippen molar-refractivity contribution in [3.63, 3.8) is 0 Å². The van der Waals surface area contributed by atoms with Gasteiger partial charge in [-0.25, -0.2) is 14.9 Å². The van der Waals surface area contributed by atoms with Crippen LogP contribution in [-0.4, -0.2) is 18.7 Å². The van der Waals surface area contributed by atoms with E-state index < -0.39 is 5.82 Å². The lowest BCUT2D eigenvalue weighted by Crippen LogP contribution is -2.21. The molecular formula is C23H20ClFN2O2S. The molecule has 1 aliphatic rings. The minimum absolute atomic E-state index is 0.317. The average Bonchev–Trinajstić information content (AvgIpc) is 2.91. The highest BCUT2D eigenvalue weighted by molar-refractivity contribution is 7.99. The molecule has 0 aromatic heterocycles. The van der Waals surface area contributed by atoms with Gasteiger partial charge >= 0.3 is 0 Å². The number of hydroxylamine groups is 1. The van der Waals surface area contributed by atoms with Gasteiger partial charge in [0.15, 0.2) is 0 Å². The quantitative estimate of drug-likeness (QED) is 0.372. The van der Waals surface area contributed by atoms with Crippen molar-refractivity contribution in [3.05, 3.63) is 88.2 Å². The van der Waals surface area contributed by atoms with E-state index >= 15 is 0 Å². The van der Waals surface area contributed by atoms with Crippen LogP contribution in [0.2, 0.25) is 5.02 Å². The molecule has 154 valence electrons. The van der Waals surface area contributed by atoms with Crippen LogP contribution in [0.15, 0.2) is 75.4 Å². The maximum atomic E-state index is 14.7. The number of fused-ring (bicyclic) bond motifs is 2. The standard InChI is InChI=1S/C21H14ClFN2O2S.C2H6/c1-27-25-21(26)12-6-9-19-17(10-12)24-20(14-8-7-13(22)11-16(14)23)15-4-2-3-5-18(15)28-19;1-2/h2-11H,1H3,(H,25,26);1-2H3. The summed E-state index contributed by atoms with van der Waals surface area (Å²) in [5.41, 5.74) is 4.91. The molecule has 1 heterocycles. The Hall–Kier alpha value is -2.67. The zero-order valence-corrected chi connectivity index (χ0v) is 18.3. The van der Waals surface area contributed by atoms with E-state index in [2.05, 4.69) is 5.48 Å². The topological polar surface area (TPSA) is 50.7 Å². The normalized spacial score (nSPS) is 11.8. The van der Waals surface area contributed by atoms with Crippen molar-refractivity contribution < 1.29 is 14.0 Å². The molecule has 0 unspecified atom stereocenters. The summed E-state index contributed by atoms with van der Waals surface area (Å²) in [6.07, 6.45) is 0. The molecule has 1 amide bonds. The van der Waals surface area contributed by atoms with Gasteiger partial charge in [0.2, 0.25) is 0 Å². The highest BCUT2D eigenvalue weighted by Crippen LogP contribution is 2.41. The van der Waals surface area contributed by atoms with E-state index in [9.17, 15) is 9.18 Å². The van der Waals surface area contributed by atoms with Gasteiger partial charge in [-0.1, -0.05) is 55.4 Å². The Kier molecular flexibility index (Phi) is 7.26. The van der Waals surface area contributed by atoms with Gasteiger partial charge in [0.05, 0.1) is 18.5 Å². The number of hydrogen-bond acceptors (Lipinski definition) is 4. The number of rotatable bonds is 3. The summed E-state index contributed by atoms with van der Waals surface area (Å²) in [6.45, 7) is 4.00. The van der Waals surface area contributed by atoms with Crippen LogP contribution in [0.4, 0.5) is 10.1 Å². The zero-order chi connectivity index (χ0) is 21.7. The molecule has 0 radical (unpaired) electrons. The fourth-order valence-electron chi connectivity index (χ4n) is 2.92. The van der Waals surface area contributed by atoms with Gasteiger partial charge in [0.1, 0.15) is 5.82 Å². The van der Waals surface area contributed by atoms with Gasteiger partial charge in [0.25, 0.3) is 5.91 Å². The predicted molar refractivity (Wildman–Crippen MR) is 120 cm³/mol. The largest absolute Gasteiger partial charge is 0.277 e. The van der Waals surface area contributed by atoms with Crippen molar-refractivity contribution >= 4 is 40.7 Å². The van der Waals surface area contributed by atoms with Gasteiger partial charge < -0.3 is 0 Å². The number of amides is 1. The lowest BCUT2D eigenvalue weighted by molar-refractivity contribution is 0.0537. The lowest BCUT2D eigenvalue weighted by atomic mass is 10.0. The van der Waals surface area contributed by atoms with Crippen LogP contribution in [0.1, 0.15) is 35.3 Å². The highest BCUT2D eigenvalue weighted by atomic mass is 35.5. The van der Waals surface area contributed by atoms with Crippen molar-refractivity contribution in [2.24, 2.45) is 4.99 Å². The van der Waals surface area contributed by atoms with Crippen LogP contribution in [0.25, 0.3) is 0 Å². The van der Waals surface area contributed by atoms with Crippen molar-refractivity contribution in [1.82, 2.24) is 5.48 Å². The molecular weight excluding hydrogens is 423 g/mol. The van der Waals surface area contributed by atoms with Crippen LogP contribution < -0.4 is 5.48 Å². The molecule has 0 atom stereocenters. The maximum absolute atomic E-state index is 14.7. The third-order valence-corrected chi connectivity index (χ3v) is 5.57. The third kappa shape index (κ3) is 4.56. The van der Waals surface area contributed by atoms with E-state index in [0.29, 0.717) is 27.5 Å².